The van der Waals surface area contributed by atoms with Crippen LogP contribution in [-0.4, -0.2) is 38.4 Å². The van der Waals surface area contributed by atoms with E-state index in [2.05, 4.69) is 36.8 Å². The summed E-state index contributed by atoms with van der Waals surface area (Å²) in [4.78, 5) is 11.9. The smallest absolute Gasteiger partial charge is 0.234 e. The SMILES string of the molecule is Cc1cc(NC(=O)CSc2nnnn2CCN)ccc1Br. The van der Waals surface area contributed by atoms with Gasteiger partial charge in [-0.25, -0.2) is 4.68 Å². The van der Waals surface area contributed by atoms with E-state index in [0.717, 1.165) is 15.7 Å². The lowest BCUT2D eigenvalue weighted by atomic mass is 10.2. The predicted molar refractivity (Wildman–Crippen MR) is 85.1 cm³/mol. The van der Waals surface area contributed by atoms with Crippen molar-refractivity contribution in [3.05, 3.63) is 28.2 Å². The molecule has 0 aliphatic rings. The van der Waals surface area contributed by atoms with Crippen LogP contribution >= 0.6 is 27.7 Å². The highest BCUT2D eigenvalue weighted by molar-refractivity contribution is 9.10. The quantitative estimate of drug-likeness (QED) is 0.746. The van der Waals surface area contributed by atoms with Crippen LogP contribution in [0.1, 0.15) is 5.56 Å². The van der Waals surface area contributed by atoms with Crippen LogP contribution < -0.4 is 11.1 Å². The number of aryl methyl sites for hydroxylation is 1. The zero-order valence-electron chi connectivity index (χ0n) is 11.4. The highest BCUT2D eigenvalue weighted by Crippen LogP contribution is 2.20. The number of thioether (sulfide) groups is 1. The molecule has 1 amide bonds. The Kier molecular flexibility index (Phi) is 5.71. The zero-order chi connectivity index (χ0) is 15.2. The molecule has 2 rings (SSSR count). The summed E-state index contributed by atoms with van der Waals surface area (Å²) in [6.07, 6.45) is 0. The normalized spacial score (nSPS) is 10.6. The summed E-state index contributed by atoms with van der Waals surface area (Å²) in [5.41, 5.74) is 7.29. The van der Waals surface area contributed by atoms with Crippen molar-refractivity contribution < 1.29 is 4.79 Å². The number of rotatable bonds is 6. The molecule has 0 saturated heterocycles. The summed E-state index contributed by atoms with van der Waals surface area (Å²) in [5, 5.41) is 14.7. The number of anilines is 1. The van der Waals surface area contributed by atoms with E-state index in [-0.39, 0.29) is 11.7 Å². The Morgan fingerprint density at radius 1 is 1.52 bits per heavy atom. The molecule has 0 aliphatic heterocycles. The molecule has 0 saturated carbocycles. The van der Waals surface area contributed by atoms with Gasteiger partial charge in [-0.1, -0.05) is 27.7 Å². The maximum atomic E-state index is 11.9. The van der Waals surface area contributed by atoms with Crippen LogP contribution in [0.3, 0.4) is 0 Å². The number of nitrogens with one attached hydrogen (secondary N) is 1. The number of aromatic nitrogens is 4. The molecule has 9 heteroatoms. The Balaban J connectivity index is 1.89. The lowest BCUT2D eigenvalue weighted by molar-refractivity contribution is -0.113. The molecule has 0 unspecified atom stereocenters. The van der Waals surface area contributed by atoms with E-state index in [1.165, 1.54) is 11.8 Å². The van der Waals surface area contributed by atoms with Crippen LogP contribution in [0, 0.1) is 6.92 Å². The Morgan fingerprint density at radius 3 is 3.05 bits per heavy atom. The second-order valence-corrected chi connectivity index (χ2v) is 6.07. The third-order valence-corrected chi connectivity index (χ3v) is 4.46. The van der Waals surface area contributed by atoms with Crippen molar-refractivity contribution in [1.29, 1.82) is 0 Å². The van der Waals surface area contributed by atoms with Gasteiger partial charge < -0.3 is 11.1 Å². The molecular formula is C12H15BrN6OS. The first-order chi connectivity index (χ1) is 10.1. The van der Waals surface area contributed by atoms with Gasteiger partial charge in [-0.2, -0.15) is 0 Å². The molecule has 112 valence electrons. The summed E-state index contributed by atoms with van der Waals surface area (Å²) in [6, 6.07) is 5.66. The van der Waals surface area contributed by atoms with Gasteiger partial charge >= 0.3 is 0 Å². The molecule has 0 aliphatic carbocycles. The van der Waals surface area contributed by atoms with Gasteiger partial charge in [-0.05, 0) is 41.1 Å². The first kappa shape index (κ1) is 15.9. The minimum absolute atomic E-state index is 0.107. The molecule has 0 atom stereocenters. The number of amides is 1. The Bertz CT molecular complexity index is 632. The number of tetrazole rings is 1. The number of carbonyl (C=O) groups is 1. The number of benzene rings is 1. The monoisotopic (exact) mass is 370 g/mol. The molecule has 0 fully saturated rings. The van der Waals surface area contributed by atoms with Crippen molar-refractivity contribution >= 4 is 39.3 Å². The third kappa shape index (κ3) is 4.51. The zero-order valence-corrected chi connectivity index (χ0v) is 13.8. The predicted octanol–water partition coefficient (Wildman–Crippen LogP) is 1.43. The van der Waals surface area contributed by atoms with Crippen LogP contribution in [0.15, 0.2) is 27.8 Å². The molecule has 3 N–H and O–H groups in total. The molecule has 1 aromatic heterocycles. The fourth-order valence-electron chi connectivity index (χ4n) is 1.61. The van der Waals surface area contributed by atoms with Gasteiger partial charge in [0.2, 0.25) is 11.1 Å². The average molecular weight is 371 g/mol. The highest BCUT2D eigenvalue weighted by atomic mass is 79.9. The number of carbonyl (C=O) groups excluding carboxylic acids is 1. The standard InChI is InChI=1S/C12H15BrN6OS/c1-8-6-9(2-3-10(8)13)15-11(20)7-21-12-16-17-18-19(12)5-4-14/h2-3,6H,4-5,7,14H2,1H3,(H,15,20). The fraction of sp³-hybridized carbons (Fsp3) is 0.333. The van der Waals surface area contributed by atoms with Crippen LogP contribution in [0.4, 0.5) is 5.69 Å². The minimum atomic E-state index is -0.107. The van der Waals surface area contributed by atoms with Crippen LogP contribution in [-0.2, 0) is 11.3 Å². The van der Waals surface area contributed by atoms with Crippen LogP contribution in [0.25, 0.3) is 0 Å². The number of nitrogens with two attached hydrogens (primary N) is 1. The molecule has 2 aromatic rings. The highest BCUT2D eigenvalue weighted by Gasteiger charge is 2.10. The molecule has 0 bridgehead atoms. The van der Waals surface area contributed by atoms with Crippen molar-refractivity contribution in [3.8, 4) is 0 Å². The molecule has 1 aromatic carbocycles. The fourth-order valence-corrected chi connectivity index (χ4v) is 2.56. The third-order valence-electron chi connectivity index (χ3n) is 2.61. The number of nitrogens with zero attached hydrogens (tertiary/aromatic N) is 4. The van der Waals surface area contributed by atoms with E-state index in [1.54, 1.807) is 4.68 Å². The topological polar surface area (TPSA) is 98.7 Å². The molecule has 7 nitrogen and oxygen atoms in total. The molecule has 0 radical (unpaired) electrons. The van der Waals surface area contributed by atoms with Gasteiger partial charge in [0, 0.05) is 16.7 Å². The van der Waals surface area contributed by atoms with Crippen molar-refractivity contribution in [1.82, 2.24) is 20.2 Å². The van der Waals surface area contributed by atoms with E-state index < -0.39 is 0 Å². The maximum absolute atomic E-state index is 11.9. The van der Waals surface area contributed by atoms with Crippen molar-refractivity contribution in [3.63, 3.8) is 0 Å². The molecule has 21 heavy (non-hydrogen) atoms. The second kappa shape index (κ2) is 7.53. The minimum Gasteiger partial charge on any atom is -0.329 e. The van der Waals surface area contributed by atoms with Gasteiger partial charge in [-0.3, -0.25) is 4.79 Å². The van der Waals surface area contributed by atoms with Crippen LogP contribution in [0.5, 0.6) is 0 Å². The van der Waals surface area contributed by atoms with Gasteiger partial charge in [0.05, 0.1) is 12.3 Å². The number of halogens is 1. The Labute approximate surface area is 134 Å². The molecule has 1 heterocycles. The van der Waals surface area contributed by atoms with E-state index in [1.807, 2.05) is 25.1 Å². The van der Waals surface area contributed by atoms with Crippen molar-refractivity contribution in [2.24, 2.45) is 5.73 Å². The van der Waals surface area contributed by atoms with E-state index in [9.17, 15) is 4.79 Å². The van der Waals surface area contributed by atoms with Gasteiger partial charge in [0.25, 0.3) is 0 Å². The summed E-state index contributed by atoms with van der Waals surface area (Å²) >= 11 is 4.70. The van der Waals surface area contributed by atoms with Crippen molar-refractivity contribution in [2.45, 2.75) is 18.6 Å². The average Bonchev–Trinajstić information content (AvgIpc) is 2.89. The number of hydrogen-bond donors (Lipinski definition) is 2. The largest absolute Gasteiger partial charge is 0.329 e. The summed E-state index contributed by atoms with van der Waals surface area (Å²) < 4.78 is 2.60. The van der Waals surface area contributed by atoms with Crippen molar-refractivity contribution in [2.75, 3.05) is 17.6 Å². The lowest BCUT2D eigenvalue weighted by Gasteiger charge is -2.07. The maximum Gasteiger partial charge on any atom is 0.234 e. The van der Waals surface area contributed by atoms with Gasteiger partial charge in [0.15, 0.2) is 0 Å². The lowest BCUT2D eigenvalue weighted by Crippen LogP contribution is -2.16. The van der Waals surface area contributed by atoms with E-state index in [0.29, 0.717) is 18.2 Å². The van der Waals surface area contributed by atoms with Gasteiger partial charge in [-0.15, -0.1) is 5.10 Å². The molecular weight excluding hydrogens is 356 g/mol. The first-order valence-corrected chi connectivity index (χ1v) is 8.03. The van der Waals surface area contributed by atoms with E-state index >= 15 is 0 Å². The Hall–Kier alpha value is -1.45. The summed E-state index contributed by atoms with van der Waals surface area (Å²) in [7, 11) is 0. The molecule has 0 spiro atoms. The van der Waals surface area contributed by atoms with Gasteiger partial charge in [0.1, 0.15) is 0 Å². The summed E-state index contributed by atoms with van der Waals surface area (Å²) in [6.45, 7) is 2.95. The second-order valence-electron chi connectivity index (χ2n) is 4.27. The number of hydrogen-bond acceptors (Lipinski definition) is 6. The Morgan fingerprint density at radius 2 is 2.33 bits per heavy atom. The van der Waals surface area contributed by atoms with E-state index in [4.69, 9.17) is 5.73 Å². The first-order valence-electron chi connectivity index (χ1n) is 6.25. The summed E-state index contributed by atoms with van der Waals surface area (Å²) in [5.74, 6) is 0.129. The van der Waals surface area contributed by atoms with Crippen LogP contribution in [0.2, 0.25) is 0 Å².